The Labute approximate surface area is 340 Å². The number of hydrogen-bond donors (Lipinski definition) is 1. The van der Waals surface area contributed by atoms with E-state index in [9.17, 15) is 35.9 Å². The van der Waals surface area contributed by atoms with Crippen molar-refractivity contribution in [1.82, 2.24) is 29.9 Å². The summed E-state index contributed by atoms with van der Waals surface area (Å²) in [4.78, 5) is 45.9. The molecule has 1 N–H and O–H groups in total. The molecule has 9 nitrogen and oxygen atoms in total. The van der Waals surface area contributed by atoms with E-state index in [0.29, 0.717) is 24.0 Å². The van der Waals surface area contributed by atoms with Crippen LogP contribution in [-0.4, -0.2) is 46.8 Å². The van der Waals surface area contributed by atoms with E-state index >= 15 is 0 Å². The van der Waals surface area contributed by atoms with Crippen molar-refractivity contribution in [2.45, 2.75) is 140 Å². The molecule has 0 aromatic carbocycles. The molecule has 59 heavy (non-hydrogen) atoms. The van der Waals surface area contributed by atoms with Crippen molar-refractivity contribution in [3.63, 3.8) is 0 Å². The van der Waals surface area contributed by atoms with Gasteiger partial charge in [0.1, 0.15) is 0 Å². The van der Waals surface area contributed by atoms with Gasteiger partial charge < -0.3 is 5.11 Å². The molecule has 0 saturated carbocycles. The molecule has 2 aliphatic carbocycles. The number of allylic oxidation sites excluding steroid dienone is 1. The van der Waals surface area contributed by atoms with Gasteiger partial charge in [0.15, 0.2) is 5.78 Å². The number of pyridine rings is 2. The third kappa shape index (κ3) is 14.9. The van der Waals surface area contributed by atoms with Gasteiger partial charge in [-0.05, 0) is 137 Å². The second-order valence-electron chi connectivity index (χ2n) is 15.2. The highest BCUT2D eigenvalue weighted by molar-refractivity contribution is 5.93. The topological polar surface area (TPSA) is 132 Å². The van der Waals surface area contributed by atoms with Crippen LogP contribution in [0.4, 0.5) is 26.3 Å². The number of carbonyl (C=O) groups is 2. The maximum Gasteiger partial charge on any atom is 0.451 e. The van der Waals surface area contributed by atoms with Crippen LogP contribution in [0.3, 0.4) is 0 Å². The molecule has 0 radical (unpaired) electrons. The van der Waals surface area contributed by atoms with Crippen LogP contribution in [0, 0.1) is 0 Å². The van der Waals surface area contributed by atoms with Gasteiger partial charge in [0, 0.05) is 59.5 Å². The van der Waals surface area contributed by atoms with Gasteiger partial charge in [-0.15, -0.1) is 0 Å². The van der Waals surface area contributed by atoms with Gasteiger partial charge in [-0.1, -0.05) is 31.4 Å². The molecule has 4 heterocycles. The summed E-state index contributed by atoms with van der Waals surface area (Å²) in [5.74, 6) is -3.84. The number of alkyl halides is 6. The van der Waals surface area contributed by atoms with Gasteiger partial charge in [0.25, 0.3) is 0 Å². The lowest BCUT2D eigenvalue weighted by Crippen LogP contribution is -2.13. The fourth-order valence-electron chi connectivity index (χ4n) is 7.32. The standard InChI is InChI=1S/C23H28F3N3O2.C21H22F3N3O/c24-23(25,26)22-27-14-18(15-28-22)17(13-21(30)31)8-3-1-2-4-9-19-12-11-16-7-5-6-10-20(16)29-19;22-21(23,24)20-25-13-15(14-26-20)9-12-18(28)7-3-2-6-17-11-10-16-5-1-4-8-19(16)27-17/h11-12,14-15,17H,1-10,13H2,(H,30,31);9-14H,1-8H2/b;12-9+. The predicted molar refractivity (Wildman–Crippen MR) is 209 cm³/mol. The largest absolute Gasteiger partial charge is 0.481 e. The number of aromatic nitrogens is 6. The lowest BCUT2D eigenvalue weighted by molar-refractivity contribution is -0.145. The molecule has 4 aromatic rings. The summed E-state index contributed by atoms with van der Waals surface area (Å²) in [6.45, 7) is 0. The van der Waals surface area contributed by atoms with E-state index in [1.165, 1.54) is 60.4 Å². The Hall–Kier alpha value is -5.08. The number of aryl methyl sites for hydroxylation is 6. The Morgan fingerprint density at radius 3 is 1.66 bits per heavy atom. The maximum absolute atomic E-state index is 12.6. The number of fused-ring (bicyclic) bond motifs is 2. The number of hydrogen-bond acceptors (Lipinski definition) is 8. The van der Waals surface area contributed by atoms with Crippen molar-refractivity contribution in [1.29, 1.82) is 0 Å². The third-order valence-corrected chi connectivity index (χ3v) is 10.5. The van der Waals surface area contributed by atoms with Crippen molar-refractivity contribution in [3.05, 3.63) is 112 Å². The Morgan fingerprint density at radius 1 is 0.644 bits per heavy atom. The summed E-state index contributed by atoms with van der Waals surface area (Å²) in [5.41, 5.74) is 8.22. The molecule has 316 valence electrons. The highest BCUT2D eigenvalue weighted by Gasteiger charge is 2.35. The lowest BCUT2D eigenvalue weighted by Gasteiger charge is -2.16. The summed E-state index contributed by atoms with van der Waals surface area (Å²) in [7, 11) is 0. The van der Waals surface area contributed by atoms with Crippen molar-refractivity contribution < 1.29 is 41.0 Å². The number of ketones is 1. The van der Waals surface area contributed by atoms with Gasteiger partial charge in [-0.25, -0.2) is 19.9 Å². The van der Waals surface area contributed by atoms with Crippen LogP contribution < -0.4 is 0 Å². The smallest absolute Gasteiger partial charge is 0.451 e. The first-order valence-electron chi connectivity index (χ1n) is 20.4. The van der Waals surface area contributed by atoms with Crippen molar-refractivity contribution in [2.75, 3.05) is 0 Å². The van der Waals surface area contributed by atoms with E-state index in [0.717, 1.165) is 113 Å². The predicted octanol–water partition coefficient (Wildman–Crippen LogP) is 10.3. The molecule has 0 aliphatic heterocycles. The van der Waals surface area contributed by atoms with Crippen LogP contribution >= 0.6 is 0 Å². The van der Waals surface area contributed by atoms with Crippen molar-refractivity contribution in [3.8, 4) is 0 Å². The summed E-state index contributed by atoms with van der Waals surface area (Å²) >= 11 is 0. The van der Waals surface area contributed by atoms with Gasteiger partial charge in [0.05, 0.1) is 6.42 Å². The number of carboxylic acids is 1. The van der Waals surface area contributed by atoms with Crippen molar-refractivity contribution in [2.24, 2.45) is 0 Å². The Bertz CT molecular complexity index is 2000. The van der Waals surface area contributed by atoms with Crippen LogP contribution in [0.2, 0.25) is 0 Å². The molecule has 0 amide bonds. The van der Waals surface area contributed by atoms with E-state index < -0.39 is 30.0 Å². The zero-order valence-electron chi connectivity index (χ0n) is 33.0. The second kappa shape index (κ2) is 21.8. The average molecular weight is 825 g/mol. The van der Waals surface area contributed by atoms with Gasteiger partial charge in [-0.3, -0.25) is 19.6 Å². The van der Waals surface area contributed by atoms with E-state index in [4.69, 9.17) is 15.1 Å². The fraction of sp³-hybridized carbons (Fsp3) is 0.500. The summed E-state index contributed by atoms with van der Waals surface area (Å²) in [6.07, 6.45) is 15.2. The summed E-state index contributed by atoms with van der Waals surface area (Å²) in [6, 6.07) is 8.59. The molecule has 0 saturated heterocycles. The Balaban J connectivity index is 0.000000225. The minimum atomic E-state index is -4.60. The minimum absolute atomic E-state index is 0.0710. The number of halogens is 6. The van der Waals surface area contributed by atoms with Gasteiger partial charge in [0.2, 0.25) is 11.6 Å². The average Bonchev–Trinajstić information content (AvgIpc) is 3.22. The minimum Gasteiger partial charge on any atom is -0.481 e. The molecule has 1 atom stereocenters. The molecular weight excluding hydrogens is 775 g/mol. The molecule has 15 heteroatoms. The van der Waals surface area contributed by atoms with Crippen LogP contribution in [0.1, 0.15) is 146 Å². The van der Waals surface area contributed by atoms with Crippen LogP contribution in [0.15, 0.2) is 55.1 Å². The number of aliphatic carboxylic acids is 1. The molecule has 0 fully saturated rings. The quantitative estimate of drug-likeness (QED) is 0.0628. The number of rotatable bonds is 17. The first-order valence-corrected chi connectivity index (χ1v) is 20.4. The summed E-state index contributed by atoms with van der Waals surface area (Å²) < 4.78 is 75.1. The number of nitrogens with zero attached hydrogens (tertiary/aromatic N) is 6. The van der Waals surface area contributed by atoms with E-state index in [2.05, 4.69) is 44.2 Å². The van der Waals surface area contributed by atoms with Gasteiger partial charge >= 0.3 is 18.3 Å². The van der Waals surface area contributed by atoms with Crippen molar-refractivity contribution >= 4 is 17.8 Å². The monoisotopic (exact) mass is 824 g/mol. The van der Waals surface area contributed by atoms with E-state index in [1.54, 1.807) is 0 Å². The number of carbonyl (C=O) groups excluding carboxylic acids is 1. The third-order valence-electron chi connectivity index (χ3n) is 10.5. The lowest BCUT2D eigenvalue weighted by atomic mass is 9.92. The highest BCUT2D eigenvalue weighted by Crippen LogP contribution is 2.30. The molecule has 6 rings (SSSR count). The maximum atomic E-state index is 12.6. The first kappa shape index (κ1) is 45.0. The molecule has 4 aromatic heterocycles. The fourth-order valence-corrected chi connectivity index (χ4v) is 7.32. The number of carboxylic acid groups (broad SMARTS) is 1. The Morgan fingerprint density at radius 2 is 1.14 bits per heavy atom. The van der Waals surface area contributed by atoms with Gasteiger partial charge in [-0.2, -0.15) is 26.3 Å². The zero-order chi connectivity index (χ0) is 42.3. The Kier molecular flexibility index (Phi) is 16.6. The van der Waals surface area contributed by atoms with E-state index in [1.807, 2.05) is 0 Å². The van der Waals surface area contributed by atoms with Crippen LogP contribution in [-0.2, 0) is 60.5 Å². The van der Waals surface area contributed by atoms with Crippen LogP contribution in [0.25, 0.3) is 6.08 Å². The molecular formula is C44H50F6N6O3. The molecule has 2 aliphatic rings. The number of unbranched alkanes of at least 4 members (excludes halogenated alkanes) is 4. The highest BCUT2D eigenvalue weighted by atomic mass is 19.4. The zero-order valence-corrected chi connectivity index (χ0v) is 33.0. The SMILES string of the molecule is O=C(/C=C/c1cnc(C(F)(F)F)nc1)CCCCc1ccc2c(n1)CCCC2.O=C(O)CC(CCCCCCc1ccc2c(n1)CCCC2)c1cnc(C(F)(F)F)nc1. The first-order chi connectivity index (χ1) is 28.2. The van der Waals surface area contributed by atoms with E-state index in [-0.39, 0.29) is 18.1 Å². The normalized spacial score (nSPS) is 14.5. The molecule has 0 bridgehead atoms. The summed E-state index contributed by atoms with van der Waals surface area (Å²) in [5, 5.41) is 9.15. The van der Waals surface area contributed by atoms with Crippen LogP contribution in [0.5, 0.6) is 0 Å². The molecule has 1 unspecified atom stereocenters. The molecule has 0 spiro atoms. The second-order valence-corrected chi connectivity index (χ2v) is 15.2.